The van der Waals surface area contributed by atoms with Gasteiger partial charge in [-0.1, -0.05) is 7.43 Å². The van der Waals surface area contributed by atoms with Crippen LogP contribution >= 0.6 is 0 Å². The summed E-state index contributed by atoms with van der Waals surface area (Å²) < 4.78 is 0.952. The molecule has 0 amide bonds. The van der Waals surface area contributed by atoms with Crippen molar-refractivity contribution in [2.45, 2.75) is 20.3 Å². The van der Waals surface area contributed by atoms with Crippen LogP contribution in [0.15, 0.2) is 0 Å². The molecule has 0 aliphatic carbocycles. The normalized spacial score (nSPS) is 8.92. The number of quaternary nitrogens is 1. The van der Waals surface area contributed by atoms with E-state index in [0.717, 1.165) is 23.7 Å². The van der Waals surface area contributed by atoms with E-state index in [2.05, 4.69) is 21.1 Å². The van der Waals surface area contributed by atoms with Gasteiger partial charge in [-0.25, -0.2) is 0 Å². The van der Waals surface area contributed by atoms with E-state index in [1.807, 2.05) is 6.79 Å². The molecule has 0 aliphatic heterocycles. The zero-order valence-electron chi connectivity index (χ0n) is 7.67. The fraction of sp³-hybridized carbons (Fsp3) is 0.778. The molecule has 0 saturated carbocycles. The first kappa shape index (κ1) is 17.4. The highest BCUT2D eigenvalue weighted by atomic mass is 16.1. The Balaban J connectivity index is -0.000000249. The standard InChI is InChI=1S/C7H16NO.CH2O.CH4/c1-8(2,3)6-4-5-7-9;1-2;/h7H,4-6H2,1-3H3;1H2;1H4/q+1;;. The highest BCUT2D eigenvalue weighted by Gasteiger charge is 2.03. The van der Waals surface area contributed by atoms with Crippen molar-refractivity contribution in [3.05, 3.63) is 0 Å². The van der Waals surface area contributed by atoms with Gasteiger partial charge in [0.1, 0.15) is 13.1 Å². The number of hydrogen-bond donors (Lipinski definition) is 0. The maximum Gasteiger partial charge on any atom is 0.120 e. The molecule has 74 valence electrons. The number of rotatable bonds is 4. The third kappa shape index (κ3) is 22.8. The van der Waals surface area contributed by atoms with Crippen molar-refractivity contribution in [1.29, 1.82) is 0 Å². The van der Waals surface area contributed by atoms with E-state index in [-0.39, 0.29) is 7.43 Å². The summed E-state index contributed by atoms with van der Waals surface area (Å²) in [6, 6.07) is 0. The summed E-state index contributed by atoms with van der Waals surface area (Å²) in [5.74, 6) is 0. The van der Waals surface area contributed by atoms with E-state index in [9.17, 15) is 4.79 Å². The van der Waals surface area contributed by atoms with E-state index in [1.165, 1.54) is 0 Å². The third-order valence-corrected chi connectivity index (χ3v) is 1.15. The predicted molar refractivity (Wildman–Crippen MR) is 52.0 cm³/mol. The average Bonchev–Trinajstić information content (AvgIpc) is 1.90. The van der Waals surface area contributed by atoms with Crippen molar-refractivity contribution in [1.82, 2.24) is 0 Å². The maximum atomic E-state index is 9.88. The Bertz CT molecular complexity index is 97.2. The van der Waals surface area contributed by atoms with Crippen LogP contribution in [-0.2, 0) is 9.59 Å². The maximum absolute atomic E-state index is 9.88. The van der Waals surface area contributed by atoms with Gasteiger partial charge in [0.25, 0.3) is 0 Å². The number of aldehydes is 1. The van der Waals surface area contributed by atoms with Crippen LogP contribution < -0.4 is 0 Å². The average molecular weight is 176 g/mol. The molecule has 0 heterocycles. The van der Waals surface area contributed by atoms with E-state index < -0.39 is 0 Å². The Labute approximate surface area is 76.0 Å². The third-order valence-electron chi connectivity index (χ3n) is 1.15. The molecular formula is C9H22NO2+. The Hall–Kier alpha value is -0.700. The number of unbranched alkanes of at least 4 members (excludes halogenated alkanes) is 1. The summed E-state index contributed by atoms with van der Waals surface area (Å²) in [5, 5.41) is 0. The fourth-order valence-electron chi connectivity index (χ4n) is 0.649. The van der Waals surface area contributed by atoms with Crippen molar-refractivity contribution >= 4 is 13.1 Å². The number of carbonyl (C=O) groups excluding carboxylic acids is 2. The molecule has 0 fully saturated rings. The number of hydrogen-bond acceptors (Lipinski definition) is 2. The van der Waals surface area contributed by atoms with Gasteiger partial charge in [-0.3, -0.25) is 0 Å². The van der Waals surface area contributed by atoms with Gasteiger partial charge >= 0.3 is 0 Å². The van der Waals surface area contributed by atoms with Crippen molar-refractivity contribution in [2.24, 2.45) is 0 Å². The molecule has 0 bridgehead atoms. The summed E-state index contributed by atoms with van der Waals surface area (Å²) in [7, 11) is 6.39. The quantitative estimate of drug-likeness (QED) is 0.365. The molecule has 0 saturated heterocycles. The molecule has 0 aromatic heterocycles. The molecular weight excluding hydrogens is 154 g/mol. The summed E-state index contributed by atoms with van der Waals surface area (Å²) in [4.78, 5) is 17.9. The molecule has 0 spiro atoms. The van der Waals surface area contributed by atoms with Gasteiger partial charge in [-0.2, -0.15) is 0 Å². The topological polar surface area (TPSA) is 34.1 Å². The van der Waals surface area contributed by atoms with E-state index in [0.29, 0.717) is 6.42 Å². The Kier molecular flexibility index (Phi) is 14.9. The first-order valence-electron chi connectivity index (χ1n) is 3.59. The van der Waals surface area contributed by atoms with Gasteiger partial charge in [-0.15, -0.1) is 0 Å². The van der Waals surface area contributed by atoms with Crippen LogP contribution in [0.1, 0.15) is 20.3 Å². The molecule has 0 atom stereocenters. The second-order valence-electron chi connectivity index (χ2n) is 3.32. The lowest BCUT2D eigenvalue weighted by molar-refractivity contribution is -0.870. The molecule has 0 aromatic rings. The zero-order valence-corrected chi connectivity index (χ0v) is 7.67. The van der Waals surface area contributed by atoms with Crippen molar-refractivity contribution in [2.75, 3.05) is 27.7 Å². The van der Waals surface area contributed by atoms with Gasteiger partial charge in [0.15, 0.2) is 0 Å². The molecule has 3 nitrogen and oxygen atoms in total. The first-order chi connectivity index (χ1) is 5.06. The second-order valence-corrected chi connectivity index (χ2v) is 3.32. The van der Waals surface area contributed by atoms with Gasteiger partial charge in [-0.05, 0) is 0 Å². The van der Waals surface area contributed by atoms with Crippen LogP contribution in [-0.4, -0.2) is 45.2 Å². The first-order valence-corrected chi connectivity index (χ1v) is 3.59. The molecule has 0 unspecified atom stereocenters. The van der Waals surface area contributed by atoms with Crippen molar-refractivity contribution in [3.63, 3.8) is 0 Å². The zero-order chi connectivity index (χ0) is 9.33. The second kappa shape index (κ2) is 10.3. The van der Waals surface area contributed by atoms with Crippen LogP contribution in [0, 0.1) is 0 Å². The van der Waals surface area contributed by atoms with Gasteiger partial charge in [0, 0.05) is 12.8 Å². The highest BCUT2D eigenvalue weighted by Crippen LogP contribution is 1.94. The molecule has 0 aromatic carbocycles. The number of carbonyl (C=O) groups is 2. The SMILES string of the molecule is C.C=O.C[N+](C)(C)CCCC=O. The Morgan fingerprint density at radius 2 is 1.67 bits per heavy atom. The molecule has 0 aliphatic rings. The number of nitrogens with zero attached hydrogens (tertiary/aromatic N) is 1. The summed E-state index contributed by atoms with van der Waals surface area (Å²) >= 11 is 0. The summed E-state index contributed by atoms with van der Waals surface area (Å²) in [6.07, 6.45) is 2.69. The lowest BCUT2D eigenvalue weighted by Crippen LogP contribution is -2.35. The predicted octanol–water partition coefficient (Wildman–Crippen LogP) is 1.12. The van der Waals surface area contributed by atoms with E-state index >= 15 is 0 Å². The molecule has 12 heavy (non-hydrogen) atoms. The van der Waals surface area contributed by atoms with Crippen LogP contribution in [0.25, 0.3) is 0 Å². The minimum Gasteiger partial charge on any atom is -0.331 e. The molecule has 3 heteroatoms. The Morgan fingerprint density at radius 3 is 1.92 bits per heavy atom. The molecule has 0 N–H and O–H groups in total. The summed E-state index contributed by atoms with van der Waals surface area (Å²) in [6.45, 7) is 3.08. The van der Waals surface area contributed by atoms with Crippen LogP contribution in [0.4, 0.5) is 0 Å². The highest BCUT2D eigenvalue weighted by molar-refractivity contribution is 5.48. The van der Waals surface area contributed by atoms with Crippen LogP contribution in [0.5, 0.6) is 0 Å². The van der Waals surface area contributed by atoms with E-state index in [4.69, 9.17) is 4.79 Å². The monoisotopic (exact) mass is 176 g/mol. The van der Waals surface area contributed by atoms with Crippen molar-refractivity contribution < 1.29 is 14.1 Å². The van der Waals surface area contributed by atoms with Gasteiger partial charge in [0.05, 0.1) is 27.7 Å². The van der Waals surface area contributed by atoms with Crippen LogP contribution in [0.3, 0.4) is 0 Å². The lowest BCUT2D eigenvalue weighted by Gasteiger charge is -2.22. The lowest BCUT2D eigenvalue weighted by atomic mass is 10.3. The molecule has 0 rings (SSSR count). The largest absolute Gasteiger partial charge is 0.331 e. The van der Waals surface area contributed by atoms with E-state index in [1.54, 1.807) is 0 Å². The smallest absolute Gasteiger partial charge is 0.120 e. The van der Waals surface area contributed by atoms with Crippen LogP contribution in [0.2, 0.25) is 0 Å². The summed E-state index contributed by atoms with van der Waals surface area (Å²) in [5.41, 5.74) is 0. The van der Waals surface area contributed by atoms with Crippen molar-refractivity contribution in [3.8, 4) is 0 Å². The Morgan fingerprint density at radius 1 is 1.25 bits per heavy atom. The van der Waals surface area contributed by atoms with Gasteiger partial charge in [0.2, 0.25) is 0 Å². The molecule has 0 radical (unpaired) electrons. The minimum absolute atomic E-state index is 0. The fourth-order valence-corrected chi connectivity index (χ4v) is 0.649. The minimum atomic E-state index is 0. The van der Waals surface area contributed by atoms with Gasteiger partial charge < -0.3 is 14.1 Å².